The third-order valence-corrected chi connectivity index (χ3v) is 5.99. The predicted molar refractivity (Wildman–Crippen MR) is 124 cm³/mol. The molecule has 2 heterocycles. The van der Waals surface area contributed by atoms with E-state index in [-0.39, 0.29) is 23.8 Å². The van der Waals surface area contributed by atoms with E-state index in [1.165, 1.54) is 29.2 Å². The van der Waals surface area contributed by atoms with E-state index < -0.39 is 0 Å². The number of Topliss-reactive ketones (excluding diaryl/α,β-unsaturated/α-hetero) is 1. The highest BCUT2D eigenvalue weighted by Gasteiger charge is 2.16. The van der Waals surface area contributed by atoms with Crippen molar-refractivity contribution in [3.8, 4) is 11.1 Å². The molecule has 0 bridgehead atoms. The molecule has 4 aromatic rings. The zero-order chi connectivity index (χ0) is 22.1. The van der Waals surface area contributed by atoms with Crippen LogP contribution in [0.3, 0.4) is 0 Å². The Morgan fingerprint density at radius 3 is 2.65 bits per heavy atom. The number of ketones is 1. The van der Waals surface area contributed by atoms with Crippen molar-refractivity contribution in [2.75, 3.05) is 5.32 Å². The summed E-state index contributed by atoms with van der Waals surface area (Å²) in [6.45, 7) is 5.34. The van der Waals surface area contributed by atoms with Gasteiger partial charge in [0.15, 0.2) is 5.78 Å². The second-order valence-corrected chi connectivity index (χ2v) is 8.37. The number of amides is 1. The van der Waals surface area contributed by atoms with Crippen LogP contribution in [-0.4, -0.2) is 21.2 Å². The zero-order valence-corrected chi connectivity index (χ0v) is 18.2. The van der Waals surface area contributed by atoms with E-state index in [4.69, 9.17) is 0 Å². The minimum Gasteiger partial charge on any atom is -0.325 e. The molecule has 0 unspecified atom stereocenters. The van der Waals surface area contributed by atoms with Crippen LogP contribution in [0.25, 0.3) is 21.3 Å². The number of carbonyl (C=O) groups is 2. The summed E-state index contributed by atoms with van der Waals surface area (Å²) in [7, 11) is 0. The number of aryl methyl sites for hydroxylation is 2. The van der Waals surface area contributed by atoms with Crippen molar-refractivity contribution in [1.82, 2.24) is 9.55 Å². The number of carbonyl (C=O) groups excluding carboxylic acids is 2. The van der Waals surface area contributed by atoms with Crippen LogP contribution in [0.2, 0.25) is 0 Å². The molecule has 2 aromatic heterocycles. The maximum atomic E-state index is 13.2. The standard InChI is InChI=1S/C24H21N3O3S/c1-14-7-8-19(15(2)9-14)20-12-31-23-22(20)24(30)27(13-25-23)11-21(29)26-18-6-4-5-17(10-18)16(3)28/h4-10,12-13H,11H2,1-3H3,(H,26,29). The lowest BCUT2D eigenvalue weighted by molar-refractivity contribution is -0.116. The van der Waals surface area contributed by atoms with Crippen molar-refractivity contribution >= 4 is 38.9 Å². The van der Waals surface area contributed by atoms with Crippen LogP contribution in [-0.2, 0) is 11.3 Å². The largest absolute Gasteiger partial charge is 0.325 e. The predicted octanol–water partition coefficient (Wildman–Crippen LogP) is 4.58. The van der Waals surface area contributed by atoms with Gasteiger partial charge in [0.25, 0.3) is 5.56 Å². The van der Waals surface area contributed by atoms with Gasteiger partial charge in [-0.25, -0.2) is 4.98 Å². The van der Waals surface area contributed by atoms with E-state index in [2.05, 4.69) is 16.4 Å². The molecule has 0 saturated carbocycles. The molecule has 0 aliphatic rings. The van der Waals surface area contributed by atoms with E-state index >= 15 is 0 Å². The third kappa shape index (κ3) is 4.18. The summed E-state index contributed by atoms with van der Waals surface area (Å²) >= 11 is 1.41. The van der Waals surface area contributed by atoms with Crippen molar-refractivity contribution in [3.05, 3.63) is 81.2 Å². The summed E-state index contributed by atoms with van der Waals surface area (Å²) in [4.78, 5) is 42.3. The Balaban J connectivity index is 1.65. The smallest absolute Gasteiger partial charge is 0.263 e. The highest BCUT2D eigenvalue weighted by molar-refractivity contribution is 7.17. The first-order chi connectivity index (χ1) is 14.8. The molecule has 156 valence electrons. The van der Waals surface area contributed by atoms with Gasteiger partial charge in [0.2, 0.25) is 5.91 Å². The first kappa shape index (κ1) is 20.7. The van der Waals surface area contributed by atoms with Gasteiger partial charge < -0.3 is 5.32 Å². The van der Waals surface area contributed by atoms with Gasteiger partial charge in [-0.1, -0.05) is 35.9 Å². The van der Waals surface area contributed by atoms with Crippen molar-refractivity contribution in [3.63, 3.8) is 0 Å². The molecule has 7 heteroatoms. The number of benzene rings is 2. The Morgan fingerprint density at radius 2 is 1.90 bits per heavy atom. The summed E-state index contributed by atoms with van der Waals surface area (Å²) in [6.07, 6.45) is 1.40. The van der Waals surface area contributed by atoms with E-state index in [0.29, 0.717) is 21.5 Å². The third-order valence-electron chi connectivity index (χ3n) is 5.10. The van der Waals surface area contributed by atoms with E-state index in [1.54, 1.807) is 24.3 Å². The van der Waals surface area contributed by atoms with Crippen molar-refractivity contribution in [2.24, 2.45) is 0 Å². The normalized spacial score (nSPS) is 10.9. The van der Waals surface area contributed by atoms with Crippen LogP contribution in [0.15, 0.2) is 59.0 Å². The van der Waals surface area contributed by atoms with Crippen LogP contribution < -0.4 is 10.9 Å². The van der Waals surface area contributed by atoms with Crippen LogP contribution in [0.1, 0.15) is 28.4 Å². The first-order valence-corrected chi connectivity index (χ1v) is 10.7. The Bertz CT molecular complexity index is 1380. The monoisotopic (exact) mass is 431 g/mol. The van der Waals surface area contributed by atoms with Gasteiger partial charge in [0.05, 0.1) is 11.7 Å². The van der Waals surface area contributed by atoms with Gasteiger partial charge >= 0.3 is 0 Å². The maximum absolute atomic E-state index is 13.2. The van der Waals surface area contributed by atoms with Gasteiger partial charge in [-0.2, -0.15) is 0 Å². The Hall–Kier alpha value is -3.58. The molecule has 1 amide bonds. The highest BCUT2D eigenvalue weighted by Crippen LogP contribution is 2.33. The lowest BCUT2D eigenvalue weighted by atomic mass is 9.99. The van der Waals surface area contributed by atoms with Crippen molar-refractivity contribution in [1.29, 1.82) is 0 Å². The summed E-state index contributed by atoms with van der Waals surface area (Å²) in [6, 6.07) is 12.8. The number of nitrogens with zero attached hydrogens (tertiary/aromatic N) is 2. The van der Waals surface area contributed by atoms with Crippen molar-refractivity contribution < 1.29 is 9.59 Å². The van der Waals surface area contributed by atoms with Gasteiger partial charge in [-0.15, -0.1) is 11.3 Å². The van der Waals surface area contributed by atoms with Gasteiger partial charge in [0.1, 0.15) is 11.4 Å². The maximum Gasteiger partial charge on any atom is 0.263 e. The number of thiophene rings is 1. The molecule has 0 fully saturated rings. The number of rotatable bonds is 5. The molecule has 2 aromatic carbocycles. The topological polar surface area (TPSA) is 81.1 Å². The van der Waals surface area contributed by atoms with E-state index in [0.717, 1.165) is 22.3 Å². The molecule has 6 nitrogen and oxygen atoms in total. The number of fused-ring (bicyclic) bond motifs is 1. The van der Waals surface area contributed by atoms with Gasteiger partial charge in [-0.3, -0.25) is 19.0 Å². The molecule has 1 N–H and O–H groups in total. The Morgan fingerprint density at radius 1 is 1.10 bits per heavy atom. The molecule has 0 aliphatic heterocycles. The van der Waals surface area contributed by atoms with Crippen molar-refractivity contribution in [2.45, 2.75) is 27.3 Å². The van der Waals surface area contributed by atoms with E-state index in [1.807, 2.05) is 31.4 Å². The number of nitrogens with one attached hydrogen (secondary N) is 1. The molecule has 0 radical (unpaired) electrons. The van der Waals surface area contributed by atoms with Crippen LogP contribution in [0.4, 0.5) is 5.69 Å². The number of hydrogen-bond donors (Lipinski definition) is 1. The van der Waals surface area contributed by atoms with Crippen LogP contribution in [0, 0.1) is 13.8 Å². The Kier molecular flexibility index (Phi) is 5.52. The molecule has 0 atom stereocenters. The number of anilines is 1. The molecular weight excluding hydrogens is 410 g/mol. The molecule has 0 saturated heterocycles. The molecular formula is C24H21N3O3S. The Labute approximate surface area is 183 Å². The first-order valence-electron chi connectivity index (χ1n) is 9.78. The van der Waals surface area contributed by atoms with E-state index in [9.17, 15) is 14.4 Å². The van der Waals surface area contributed by atoms with Gasteiger partial charge in [-0.05, 0) is 44.0 Å². The number of aromatic nitrogens is 2. The molecule has 31 heavy (non-hydrogen) atoms. The lowest BCUT2D eigenvalue weighted by Crippen LogP contribution is -2.27. The second-order valence-electron chi connectivity index (χ2n) is 7.51. The second kappa shape index (κ2) is 8.28. The van der Waals surface area contributed by atoms with Crippen LogP contribution in [0.5, 0.6) is 0 Å². The molecule has 0 aliphatic carbocycles. The quantitative estimate of drug-likeness (QED) is 0.469. The summed E-state index contributed by atoms with van der Waals surface area (Å²) < 4.78 is 1.31. The summed E-state index contributed by atoms with van der Waals surface area (Å²) in [5.74, 6) is -0.453. The molecule has 4 rings (SSSR count). The fourth-order valence-corrected chi connectivity index (χ4v) is 4.46. The summed E-state index contributed by atoms with van der Waals surface area (Å²) in [5, 5.41) is 5.20. The average Bonchev–Trinajstić information content (AvgIpc) is 3.15. The summed E-state index contributed by atoms with van der Waals surface area (Å²) in [5.41, 5.74) is 4.81. The SMILES string of the molecule is CC(=O)c1cccc(NC(=O)Cn2cnc3scc(-c4ccc(C)cc4C)c3c2=O)c1. The van der Waals surface area contributed by atoms with Gasteiger partial charge in [0, 0.05) is 22.2 Å². The fourth-order valence-electron chi connectivity index (χ4n) is 3.57. The minimum atomic E-state index is -0.368. The minimum absolute atomic E-state index is 0.0849. The molecule has 0 spiro atoms. The number of hydrogen-bond acceptors (Lipinski definition) is 5. The van der Waals surface area contributed by atoms with Crippen LogP contribution >= 0.6 is 11.3 Å². The highest BCUT2D eigenvalue weighted by atomic mass is 32.1. The average molecular weight is 432 g/mol. The fraction of sp³-hybridized carbons (Fsp3) is 0.167. The lowest BCUT2D eigenvalue weighted by Gasteiger charge is -2.09. The zero-order valence-electron chi connectivity index (χ0n) is 17.4.